The average Bonchev–Trinajstić information content (AvgIpc) is 2.69. The maximum atomic E-state index is 5.55. The number of aryl methyl sites for hydroxylation is 2. The summed E-state index contributed by atoms with van der Waals surface area (Å²) in [6.07, 6.45) is 1.70. The van der Waals surface area contributed by atoms with Gasteiger partial charge in [-0.15, -0.1) is 0 Å². The first-order chi connectivity index (χ1) is 8.13. The van der Waals surface area contributed by atoms with Gasteiger partial charge in [0, 0.05) is 0 Å². The number of nitrogens with one attached hydrogen (secondary N) is 1. The van der Waals surface area contributed by atoms with Crippen molar-refractivity contribution in [1.82, 2.24) is 5.32 Å². The molecule has 0 amide bonds. The Bertz CT molecular complexity index is 519. The predicted octanol–water partition coefficient (Wildman–Crippen LogP) is 3.97. The van der Waals surface area contributed by atoms with Crippen molar-refractivity contribution in [3.63, 3.8) is 0 Å². The van der Waals surface area contributed by atoms with E-state index in [1.165, 1.54) is 16.7 Å². The van der Waals surface area contributed by atoms with Gasteiger partial charge in [-0.2, -0.15) is 0 Å². The van der Waals surface area contributed by atoms with Gasteiger partial charge in [0.1, 0.15) is 5.76 Å². The summed E-state index contributed by atoms with van der Waals surface area (Å²) in [6.45, 7) is 4.23. The van der Waals surface area contributed by atoms with Crippen LogP contribution in [0.25, 0.3) is 0 Å². The summed E-state index contributed by atoms with van der Waals surface area (Å²) in [6, 6.07) is 8.48. The number of benzene rings is 1. The van der Waals surface area contributed by atoms with Crippen molar-refractivity contribution in [2.24, 2.45) is 0 Å². The molecule has 2 rings (SSSR count). The Hall–Kier alpha value is -1.06. The Kier molecular flexibility index (Phi) is 3.69. The van der Waals surface area contributed by atoms with Crippen LogP contribution in [0.4, 0.5) is 0 Å². The van der Waals surface area contributed by atoms with E-state index in [0.717, 1.165) is 10.2 Å². The second-order valence-corrected chi connectivity index (χ2v) is 5.07. The van der Waals surface area contributed by atoms with Crippen LogP contribution in [-0.2, 0) is 0 Å². The quantitative estimate of drug-likeness (QED) is 0.926. The molecule has 17 heavy (non-hydrogen) atoms. The van der Waals surface area contributed by atoms with Gasteiger partial charge in [0.05, 0.1) is 16.8 Å². The lowest BCUT2D eigenvalue weighted by Gasteiger charge is -2.17. The summed E-state index contributed by atoms with van der Waals surface area (Å²) in [5.41, 5.74) is 3.79. The smallest absolute Gasteiger partial charge is 0.139 e. The molecule has 1 aromatic heterocycles. The van der Waals surface area contributed by atoms with Crippen LogP contribution in [0.3, 0.4) is 0 Å². The molecule has 1 atom stereocenters. The first kappa shape index (κ1) is 12.4. The molecule has 1 unspecified atom stereocenters. The molecule has 1 N–H and O–H groups in total. The SMILES string of the molecule is CNC(c1ccc(C)cc1C)c1occc1Br. The molecule has 1 heterocycles. The summed E-state index contributed by atoms with van der Waals surface area (Å²) < 4.78 is 6.54. The highest BCUT2D eigenvalue weighted by Gasteiger charge is 2.19. The Labute approximate surface area is 110 Å². The van der Waals surface area contributed by atoms with Crippen molar-refractivity contribution in [3.8, 4) is 0 Å². The van der Waals surface area contributed by atoms with E-state index in [-0.39, 0.29) is 6.04 Å². The minimum atomic E-state index is 0.0833. The molecule has 0 aliphatic rings. The Morgan fingerprint density at radius 3 is 2.53 bits per heavy atom. The molecule has 0 aliphatic carbocycles. The molecule has 0 radical (unpaired) electrons. The molecule has 0 aliphatic heterocycles. The maximum Gasteiger partial charge on any atom is 0.139 e. The average molecular weight is 294 g/mol. The van der Waals surface area contributed by atoms with E-state index in [0.29, 0.717) is 0 Å². The Morgan fingerprint density at radius 1 is 1.24 bits per heavy atom. The molecular weight excluding hydrogens is 278 g/mol. The van der Waals surface area contributed by atoms with Crippen LogP contribution in [0.1, 0.15) is 28.5 Å². The topological polar surface area (TPSA) is 25.2 Å². The zero-order valence-corrected chi connectivity index (χ0v) is 11.8. The first-order valence-electron chi connectivity index (χ1n) is 5.60. The van der Waals surface area contributed by atoms with Gasteiger partial charge < -0.3 is 9.73 Å². The monoisotopic (exact) mass is 293 g/mol. The second-order valence-electron chi connectivity index (χ2n) is 4.21. The van der Waals surface area contributed by atoms with E-state index in [9.17, 15) is 0 Å². The molecular formula is C14H16BrNO. The molecule has 0 bridgehead atoms. The van der Waals surface area contributed by atoms with Gasteiger partial charge in [-0.05, 0) is 54.0 Å². The number of rotatable bonds is 3. The maximum absolute atomic E-state index is 5.55. The largest absolute Gasteiger partial charge is 0.466 e. The van der Waals surface area contributed by atoms with Crippen LogP contribution >= 0.6 is 15.9 Å². The van der Waals surface area contributed by atoms with Gasteiger partial charge in [-0.3, -0.25) is 0 Å². The highest BCUT2D eigenvalue weighted by molar-refractivity contribution is 9.10. The van der Waals surface area contributed by atoms with Gasteiger partial charge in [0.15, 0.2) is 0 Å². The normalized spacial score (nSPS) is 12.7. The number of hydrogen-bond acceptors (Lipinski definition) is 2. The third kappa shape index (κ3) is 2.45. The highest BCUT2D eigenvalue weighted by Crippen LogP contribution is 2.31. The van der Waals surface area contributed by atoms with Crippen molar-refractivity contribution in [2.75, 3.05) is 7.05 Å². The van der Waals surface area contributed by atoms with Crippen molar-refractivity contribution in [1.29, 1.82) is 0 Å². The minimum Gasteiger partial charge on any atom is -0.466 e. The summed E-state index contributed by atoms with van der Waals surface area (Å²) in [4.78, 5) is 0. The molecule has 0 spiro atoms. The summed E-state index contributed by atoms with van der Waals surface area (Å²) in [7, 11) is 1.94. The first-order valence-corrected chi connectivity index (χ1v) is 6.40. The van der Waals surface area contributed by atoms with E-state index in [4.69, 9.17) is 4.42 Å². The fraction of sp³-hybridized carbons (Fsp3) is 0.286. The van der Waals surface area contributed by atoms with E-state index < -0.39 is 0 Å². The zero-order valence-electron chi connectivity index (χ0n) is 10.3. The van der Waals surface area contributed by atoms with Crippen LogP contribution in [-0.4, -0.2) is 7.05 Å². The fourth-order valence-corrected chi connectivity index (χ4v) is 2.52. The molecule has 0 fully saturated rings. The van der Waals surface area contributed by atoms with Crippen LogP contribution < -0.4 is 5.32 Å². The van der Waals surface area contributed by atoms with Gasteiger partial charge in [0.25, 0.3) is 0 Å². The van der Waals surface area contributed by atoms with Crippen molar-refractivity contribution < 1.29 is 4.42 Å². The molecule has 0 saturated heterocycles. The highest BCUT2D eigenvalue weighted by atomic mass is 79.9. The second kappa shape index (κ2) is 5.07. The molecule has 3 heteroatoms. The molecule has 0 saturated carbocycles. The summed E-state index contributed by atoms with van der Waals surface area (Å²) in [5, 5.41) is 3.30. The predicted molar refractivity (Wildman–Crippen MR) is 73.2 cm³/mol. The lowest BCUT2D eigenvalue weighted by Crippen LogP contribution is -2.18. The fourth-order valence-electron chi connectivity index (χ4n) is 2.09. The van der Waals surface area contributed by atoms with Gasteiger partial charge in [-0.25, -0.2) is 0 Å². The van der Waals surface area contributed by atoms with Crippen LogP contribution in [0.5, 0.6) is 0 Å². The zero-order chi connectivity index (χ0) is 12.4. The number of halogens is 1. The van der Waals surface area contributed by atoms with Gasteiger partial charge >= 0.3 is 0 Å². The standard InChI is InChI=1S/C14H16BrNO/c1-9-4-5-11(10(2)8-9)13(16-3)14-12(15)6-7-17-14/h4-8,13,16H,1-3H3. The lowest BCUT2D eigenvalue weighted by atomic mass is 9.98. The van der Waals surface area contributed by atoms with E-state index in [1.54, 1.807) is 6.26 Å². The van der Waals surface area contributed by atoms with Crippen LogP contribution in [0, 0.1) is 13.8 Å². The van der Waals surface area contributed by atoms with Crippen molar-refractivity contribution in [2.45, 2.75) is 19.9 Å². The number of furan rings is 1. The van der Waals surface area contributed by atoms with Gasteiger partial charge in [0.2, 0.25) is 0 Å². The molecule has 2 nitrogen and oxygen atoms in total. The number of hydrogen-bond donors (Lipinski definition) is 1. The third-order valence-corrected chi connectivity index (χ3v) is 3.59. The van der Waals surface area contributed by atoms with Crippen molar-refractivity contribution in [3.05, 3.63) is 57.5 Å². The Morgan fingerprint density at radius 2 is 2.00 bits per heavy atom. The summed E-state index contributed by atoms with van der Waals surface area (Å²) in [5.74, 6) is 0.916. The molecule has 2 aromatic rings. The van der Waals surface area contributed by atoms with E-state index in [1.807, 2.05) is 13.1 Å². The Balaban J connectivity index is 2.46. The van der Waals surface area contributed by atoms with Crippen LogP contribution in [0.15, 0.2) is 39.4 Å². The van der Waals surface area contributed by atoms with Gasteiger partial charge in [-0.1, -0.05) is 23.8 Å². The summed E-state index contributed by atoms with van der Waals surface area (Å²) >= 11 is 3.51. The molecule has 90 valence electrons. The van der Waals surface area contributed by atoms with E-state index in [2.05, 4.69) is 53.3 Å². The minimum absolute atomic E-state index is 0.0833. The lowest BCUT2D eigenvalue weighted by molar-refractivity contribution is 0.460. The van der Waals surface area contributed by atoms with Crippen LogP contribution in [0.2, 0.25) is 0 Å². The third-order valence-electron chi connectivity index (χ3n) is 2.93. The van der Waals surface area contributed by atoms with Crippen molar-refractivity contribution >= 4 is 15.9 Å². The molecule has 1 aromatic carbocycles. The van der Waals surface area contributed by atoms with E-state index >= 15 is 0 Å².